The molecule has 2 N–H and O–H groups in total. The van der Waals surface area contributed by atoms with Crippen LogP contribution in [0.3, 0.4) is 0 Å². The Morgan fingerprint density at radius 3 is 2.56 bits per heavy atom. The number of alkyl halides is 3. The van der Waals surface area contributed by atoms with Crippen molar-refractivity contribution < 1.29 is 22.8 Å². The molecule has 0 aliphatic heterocycles. The molecule has 0 saturated heterocycles. The van der Waals surface area contributed by atoms with Gasteiger partial charge in [0.2, 0.25) is 11.8 Å². The fourth-order valence-corrected chi connectivity index (χ4v) is 3.27. The van der Waals surface area contributed by atoms with Crippen LogP contribution in [0.15, 0.2) is 48.5 Å². The van der Waals surface area contributed by atoms with Gasteiger partial charge in [0.1, 0.15) is 12.4 Å². The summed E-state index contributed by atoms with van der Waals surface area (Å²) in [6.45, 7) is 4.02. The first kappa shape index (κ1) is 23.3. The Morgan fingerprint density at radius 1 is 1.09 bits per heavy atom. The molecule has 0 atom stereocenters. The van der Waals surface area contributed by atoms with Gasteiger partial charge in [0.15, 0.2) is 0 Å². The normalized spacial score (nSPS) is 11.7. The van der Waals surface area contributed by atoms with Crippen molar-refractivity contribution in [3.63, 3.8) is 0 Å². The molecule has 170 valence electrons. The third kappa shape index (κ3) is 5.87. The van der Waals surface area contributed by atoms with Crippen molar-refractivity contribution in [2.45, 2.75) is 39.4 Å². The number of rotatable bonds is 8. The van der Waals surface area contributed by atoms with E-state index in [2.05, 4.69) is 15.6 Å². The Labute approximate surface area is 183 Å². The van der Waals surface area contributed by atoms with E-state index in [9.17, 15) is 22.8 Å². The number of aryl methyl sites for hydroxylation is 1. The number of halogens is 3. The summed E-state index contributed by atoms with van der Waals surface area (Å²) >= 11 is 0. The van der Waals surface area contributed by atoms with Gasteiger partial charge < -0.3 is 15.2 Å². The quantitative estimate of drug-likeness (QED) is 0.504. The van der Waals surface area contributed by atoms with Crippen molar-refractivity contribution in [3.05, 3.63) is 59.9 Å². The number of amides is 2. The Bertz CT molecular complexity index is 1110. The Balaban J connectivity index is 1.72. The molecular weight excluding hydrogens is 421 g/mol. The molecule has 0 bridgehead atoms. The van der Waals surface area contributed by atoms with Crippen LogP contribution in [0.5, 0.6) is 0 Å². The number of fused-ring (bicyclic) bond motifs is 1. The molecule has 2 amide bonds. The zero-order valence-electron chi connectivity index (χ0n) is 17.9. The average molecular weight is 446 g/mol. The summed E-state index contributed by atoms with van der Waals surface area (Å²) in [6, 6.07) is 11.9. The third-order valence-corrected chi connectivity index (χ3v) is 4.91. The minimum atomic E-state index is -4.49. The lowest BCUT2D eigenvalue weighted by atomic mass is 10.2. The molecule has 3 aromatic rings. The first-order chi connectivity index (χ1) is 15.1. The summed E-state index contributed by atoms with van der Waals surface area (Å²) in [5.74, 6) is 0.0871. The number of imidazole rings is 1. The number of nitrogens with one attached hydrogen (secondary N) is 2. The highest BCUT2D eigenvalue weighted by Crippen LogP contribution is 2.30. The fraction of sp³-hybridized carbons (Fsp3) is 0.348. The number of aromatic nitrogens is 2. The predicted octanol–water partition coefficient (Wildman–Crippen LogP) is 4.40. The van der Waals surface area contributed by atoms with Crippen molar-refractivity contribution >= 4 is 28.5 Å². The number of para-hydroxylation sites is 2. The second-order valence-electron chi connectivity index (χ2n) is 7.78. The molecule has 0 unspecified atom stereocenters. The zero-order valence-corrected chi connectivity index (χ0v) is 17.9. The summed E-state index contributed by atoms with van der Waals surface area (Å²) in [6.07, 6.45) is -3.32. The summed E-state index contributed by atoms with van der Waals surface area (Å²) in [5.41, 5.74) is 0.730. The summed E-state index contributed by atoms with van der Waals surface area (Å²) in [5, 5.41) is 5.38. The van der Waals surface area contributed by atoms with Crippen molar-refractivity contribution in [3.8, 4) is 0 Å². The van der Waals surface area contributed by atoms with Crippen LogP contribution >= 0.6 is 0 Å². The van der Waals surface area contributed by atoms with Crippen molar-refractivity contribution in [2.24, 2.45) is 5.92 Å². The van der Waals surface area contributed by atoms with E-state index in [1.807, 2.05) is 38.1 Å². The standard InChI is InChI=1S/C23H25F3N4O2/c1-15(2)22(32)27-12-6-11-20-29-18-9-3-4-10-19(18)30(20)14-21(31)28-17-8-5-7-16(13-17)23(24,25)26/h3-5,7-10,13,15H,6,11-12,14H2,1-2H3,(H,27,32)(H,28,31). The monoisotopic (exact) mass is 446 g/mol. The topological polar surface area (TPSA) is 76.0 Å². The molecule has 32 heavy (non-hydrogen) atoms. The van der Waals surface area contributed by atoms with Crippen LogP contribution in [0.1, 0.15) is 31.7 Å². The van der Waals surface area contributed by atoms with Gasteiger partial charge >= 0.3 is 6.18 Å². The summed E-state index contributed by atoms with van der Waals surface area (Å²) in [7, 11) is 0. The highest BCUT2D eigenvalue weighted by Gasteiger charge is 2.30. The number of nitrogens with zero attached hydrogens (tertiary/aromatic N) is 2. The smallest absolute Gasteiger partial charge is 0.356 e. The maximum atomic E-state index is 12.9. The molecule has 1 aromatic heterocycles. The van der Waals surface area contributed by atoms with Crippen LogP contribution in [0.25, 0.3) is 11.0 Å². The van der Waals surface area contributed by atoms with Crippen molar-refractivity contribution in [2.75, 3.05) is 11.9 Å². The molecule has 1 heterocycles. The van der Waals surface area contributed by atoms with E-state index in [0.717, 1.165) is 23.2 Å². The van der Waals surface area contributed by atoms with Gasteiger partial charge in [-0.25, -0.2) is 4.98 Å². The number of hydrogen-bond acceptors (Lipinski definition) is 3. The maximum absolute atomic E-state index is 12.9. The molecule has 0 fully saturated rings. The number of anilines is 1. The van der Waals surface area contributed by atoms with E-state index < -0.39 is 17.6 Å². The van der Waals surface area contributed by atoms with E-state index >= 15 is 0 Å². The van der Waals surface area contributed by atoms with Gasteiger partial charge in [-0.2, -0.15) is 13.2 Å². The third-order valence-electron chi connectivity index (χ3n) is 4.91. The lowest BCUT2D eigenvalue weighted by Gasteiger charge is -2.12. The number of carbonyl (C=O) groups is 2. The van der Waals surface area contributed by atoms with Gasteiger partial charge in [0, 0.05) is 24.6 Å². The molecular formula is C23H25F3N4O2. The Hall–Kier alpha value is -3.36. The summed E-state index contributed by atoms with van der Waals surface area (Å²) in [4.78, 5) is 28.9. The predicted molar refractivity (Wildman–Crippen MR) is 116 cm³/mol. The molecule has 2 aromatic carbocycles. The van der Waals surface area contributed by atoms with Gasteiger partial charge in [0.25, 0.3) is 0 Å². The molecule has 0 aliphatic rings. The van der Waals surface area contributed by atoms with Crippen molar-refractivity contribution in [1.29, 1.82) is 0 Å². The van der Waals surface area contributed by atoms with Crippen LogP contribution in [0.4, 0.5) is 18.9 Å². The lowest BCUT2D eigenvalue weighted by molar-refractivity contribution is -0.137. The van der Waals surface area contributed by atoms with E-state index in [1.54, 1.807) is 4.57 Å². The van der Waals surface area contributed by atoms with E-state index in [0.29, 0.717) is 25.2 Å². The molecule has 0 saturated carbocycles. The number of hydrogen-bond donors (Lipinski definition) is 2. The van der Waals surface area contributed by atoms with Crippen LogP contribution in [-0.2, 0) is 28.7 Å². The number of carbonyl (C=O) groups excluding carboxylic acids is 2. The summed E-state index contributed by atoms with van der Waals surface area (Å²) < 4.78 is 40.5. The second kappa shape index (κ2) is 9.84. The molecule has 9 heteroatoms. The first-order valence-electron chi connectivity index (χ1n) is 10.3. The van der Waals surface area contributed by atoms with Gasteiger partial charge in [0.05, 0.1) is 16.6 Å². The lowest BCUT2D eigenvalue weighted by Crippen LogP contribution is -2.29. The SMILES string of the molecule is CC(C)C(=O)NCCCc1nc2ccccc2n1CC(=O)Nc1cccc(C(F)(F)F)c1. The Morgan fingerprint density at radius 2 is 1.84 bits per heavy atom. The minimum absolute atomic E-state index is 0.0287. The van der Waals surface area contributed by atoms with E-state index in [4.69, 9.17) is 0 Å². The molecule has 6 nitrogen and oxygen atoms in total. The van der Waals surface area contributed by atoms with E-state index in [1.165, 1.54) is 12.1 Å². The van der Waals surface area contributed by atoms with Gasteiger partial charge in [-0.15, -0.1) is 0 Å². The maximum Gasteiger partial charge on any atom is 0.416 e. The highest BCUT2D eigenvalue weighted by molar-refractivity contribution is 5.91. The highest BCUT2D eigenvalue weighted by atomic mass is 19.4. The molecule has 0 radical (unpaired) electrons. The van der Waals surface area contributed by atoms with Crippen LogP contribution in [-0.4, -0.2) is 27.9 Å². The molecule has 0 spiro atoms. The molecule has 0 aliphatic carbocycles. The Kier molecular flexibility index (Phi) is 7.17. The van der Waals surface area contributed by atoms with Gasteiger partial charge in [-0.05, 0) is 36.8 Å². The van der Waals surface area contributed by atoms with Crippen LogP contribution in [0, 0.1) is 5.92 Å². The fourth-order valence-electron chi connectivity index (χ4n) is 3.27. The average Bonchev–Trinajstić information content (AvgIpc) is 3.07. The largest absolute Gasteiger partial charge is 0.416 e. The van der Waals surface area contributed by atoms with E-state index in [-0.39, 0.29) is 24.1 Å². The van der Waals surface area contributed by atoms with Gasteiger partial charge in [-0.3, -0.25) is 9.59 Å². The van der Waals surface area contributed by atoms with Crippen LogP contribution < -0.4 is 10.6 Å². The molecule has 3 rings (SSSR count). The minimum Gasteiger partial charge on any atom is -0.356 e. The van der Waals surface area contributed by atoms with Crippen LogP contribution in [0.2, 0.25) is 0 Å². The van der Waals surface area contributed by atoms with Crippen molar-refractivity contribution in [1.82, 2.24) is 14.9 Å². The van der Waals surface area contributed by atoms with Gasteiger partial charge in [-0.1, -0.05) is 32.0 Å². The second-order valence-corrected chi connectivity index (χ2v) is 7.78. The zero-order chi connectivity index (χ0) is 23.3. The number of benzene rings is 2. The first-order valence-corrected chi connectivity index (χ1v) is 10.3.